The highest BCUT2D eigenvalue weighted by Crippen LogP contribution is 2.56. The molecular formula is C24H20BrOPS. The van der Waals surface area contributed by atoms with Crippen LogP contribution in [0.25, 0.3) is 0 Å². The fraction of sp³-hybridized carbons (Fsp3) is 0.0417. The lowest BCUT2D eigenvalue weighted by Crippen LogP contribution is -3.00. The summed E-state index contributed by atoms with van der Waals surface area (Å²) in [7, 11) is -2.06. The second kappa shape index (κ2) is 9.43. The lowest BCUT2D eigenvalue weighted by Gasteiger charge is -2.25. The van der Waals surface area contributed by atoms with Crippen LogP contribution < -0.4 is 32.2 Å². The van der Waals surface area contributed by atoms with E-state index >= 15 is 0 Å². The molecule has 0 N–H and O–H groups in total. The fourth-order valence-corrected chi connectivity index (χ4v) is 9.27. The van der Waals surface area contributed by atoms with E-state index in [0.717, 1.165) is 5.56 Å². The van der Waals surface area contributed by atoms with Crippen molar-refractivity contribution in [1.82, 2.24) is 0 Å². The molecule has 140 valence electrons. The van der Waals surface area contributed by atoms with E-state index in [1.165, 1.54) is 15.2 Å². The summed E-state index contributed by atoms with van der Waals surface area (Å²) < 4.78 is 1.30. The van der Waals surface area contributed by atoms with Crippen molar-refractivity contribution in [2.45, 2.75) is 0 Å². The highest BCUT2D eigenvalue weighted by atomic mass is 79.9. The maximum Gasteiger partial charge on any atom is 0.201 e. The Hall–Kier alpha value is -2.06. The van der Waals surface area contributed by atoms with Crippen LogP contribution in [0.15, 0.2) is 109 Å². The van der Waals surface area contributed by atoms with Crippen LogP contribution >= 0.6 is 18.6 Å². The molecule has 28 heavy (non-hydrogen) atoms. The Kier molecular flexibility index (Phi) is 6.96. The molecule has 0 aliphatic carbocycles. The molecule has 0 amide bonds. The smallest absolute Gasteiger partial charge is 0.201 e. The number of ketones is 1. The number of benzene rings is 3. The van der Waals surface area contributed by atoms with Crippen molar-refractivity contribution in [2.24, 2.45) is 0 Å². The second-order valence-corrected chi connectivity index (χ2v) is 11.1. The van der Waals surface area contributed by atoms with Crippen LogP contribution in [0.5, 0.6) is 0 Å². The van der Waals surface area contributed by atoms with Crippen molar-refractivity contribution in [3.8, 4) is 0 Å². The predicted octanol–water partition coefficient (Wildman–Crippen LogP) is 1.93. The Labute approximate surface area is 181 Å². The summed E-state index contributed by atoms with van der Waals surface area (Å²) in [5.74, 6) is 0.199. The first-order valence-electron chi connectivity index (χ1n) is 8.92. The van der Waals surface area contributed by atoms with E-state index in [9.17, 15) is 4.79 Å². The topological polar surface area (TPSA) is 17.1 Å². The summed E-state index contributed by atoms with van der Waals surface area (Å²) in [6, 6.07) is 35.0. The monoisotopic (exact) mass is 466 g/mol. The third-order valence-corrected chi connectivity index (χ3v) is 10.7. The van der Waals surface area contributed by atoms with Crippen molar-refractivity contribution in [3.05, 3.63) is 114 Å². The van der Waals surface area contributed by atoms with Crippen LogP contribution in [-0.2, 0) is 0 Å². The van der Waals surface area contributed by atoms with Gasteiger partial charge in [-0.15, -0.1) is 11.3 Å². The van der Waals surface area contributed by atoms with Crippen LogP contribution in [0.4, 0.5) is 0 Å². The number of carbonyl (C=O) groups excluding carboxylic acids is 1. The first kappa shape index (κ1) is 20.7. The molecule has 4 rings (SSSR count). The quantitative estimate of drug-likeness (QED) is 0.313. The molecule has 1 nitrogen and oxygen atoms in total. The lowest BCUT2D eigenvalue weighted by molar-refractivity contribution is -0.0000129. The van der Waals surface area contributed by atoms with Crippen LogP contribution in [0, 0.1) is 0 Å². The van der Waals surface area contributed by atoms with Crippen LogP contribution in [0.2, 0.25) is 0 Å². The van der Waals surface area contributed by atoms with Gasteiger partial charge in [0.25, 0.3) is 0 Å². The van der Waals surface area contributed by atoms with Gasteiger partial charge in [0, 0.05) is 5.56 Å². The molecule has 4 heteroatoms. The largest absolute Gasteiger partial charge is 1.00 e. The molecular weight excluding hydrogens is 447 g/mol. The number of thiophene rings is 1. The molecule has 0 spiro atoms. The van der Waals surface area contributed by atoms with Gasteiger partial charge in [-0.2, -0.15) is 0 Å². The average molecular weight is 467 g/mol. The van der Waals surface area contributed by atoms with E-state index in [0.29, 0.717) is 6.16 Å². The molecule has 0 saturated heterocycles. The normalized spacial score (nSPS) is 10.9. The molecule has 0 saturated carbocycles. The van der Waals surface area contributed by atoms with Gasteiger partial charge >= 0.3 is 0 Å². The highest BCUT2D eigenvalue weighted by Gasteiger charge is 2.48. The van der Waals surface area contributed by atoms with Crippen LogP contribution in [-0.4, -0.2) is 11.9 Å². The number of carbonyl (C=O) groups is 1. The van der Waals surface area contributed by atoms with Gasteiger partial charge in [0.05, 0.1) is 0 Å². The van der Waals surface area contributed by atoms with Gasteiger partial charge in [-0.1, -0.05) is 66.7 Å². The van der Waals surface area contributed by atoms with Gasteiger partial charge in [-0.05, 0) is 41.8 Å². The Morgan fingerprint density at radius 3 is 1.64 bits per heavy atom. The lowest BCUT2D eigenvalue weighted by atomic mass is 10.2. The molecule has 0 aliphatic rings. The summed E-state index contributed by atoms with van der Waals surface area (Å²) in [6.07, 6.45) is 0.506. The number of hydrogen-bond acceptors (Lipinski definition) is 2. The minimum absolute atomic E-state index is 0. The molecule has 4 aromatic rings. The molecule has 1 heterocycles. The van der Waals surface area contributed by atoms with Crippen molar-refractivity contribution in [1.29, 1.82) is 0 Å². The van der Waals surface area contributed by atoms with Gasteiger partial charge in [-0.25, -0.2) is 0 Å². The Morgan fingerprint density at radius 2 is 1.18 bits per heavy atom. The van der Waals surface area contributed by atoms with Gasteiger partial charge < -0.3 is 17.0 Å². The minimum atomic E-state index is -2.06. The molecule has 0 fully saturated rings. The molecule has 3 aromatic carbocycles. The summed E-state index contributed by atoms with van der Waals surface area (Å²) in [4.78, 5) is 13.3. The van der Waals surface area contributed by atoms with Crippen LogP contribution in [0.3, 0.4) is 0 Å². The maximum atomic E-state index is 13.3. The zero-order chi connectivity index (χ0) is 18.5. The third kappa shape index (κ3) is 4.03. The number of Topliss-reactive ketones (excluding diaryl/α,β-unsaturated/α-hetero) is 1. The van der Waals surface area contributed by atoms with E-state index in [1.807, 2.05) is 42.5 Å². The van der Waals surface area contributed by atoms with E-state index < -0.39 is 7.26 Å². The van der Waals surface area contributed by atoms with Gasteiger partial charge in [0.2, 0.25) is 5.78 Å². The Bertz CT molecular complexity index is 963. The van der Waals surface area contributed by atoms with E-state index in [4.69, 9.17) is 0 Å². The highest BCUT2D eigenvalue weighted by molar-refractivity contribution is 7.99. The number of hydrogen-bond donors (Lipinski definition) is 0. The molecule has 0 atom stereocenters. The molecule has 0 unspecified atom stereocenters. The van der Waals surface area contributed by atoms with Gasteiger partial charge in [0.15, 0.2) is 4.62 Å². The average Bonchev–Trinajstić information content (AvgIpc) is 3.29. The standard InChI is InChI=1S/C24H20OPS.BrH/c25-23(20-11-4-1-5-12-20)19-26(24-17-10-18-27-24,21-13-6-2-7-14-21)22-15-8-3-9-16-22;/h1-18H,19H2;1H/q+1;/p-1. The van der Waals surface area contributed by atoms with E-state index in [2.05, 4.69) is 66.0 Å². The van der Waals surface area contributed by atoms with Gasteiger partial charge in [0.1, 0.15) is 24.0 Å². The fourth-order valence-electron chi connectivity index (χ4n) is 3.45. The van der Waals surface area contributed by atoms with Gasteiger partial charge in [-0.3, -0.25) is 4.79 Å². The number of rotatable bonds is 6. The first-order chi connectivity index (χ1) is 13.3. The van der Waals surface area contributed by atoms with Crippen molar-refractivity contribution < 1.29 is 21.8 Å². The predicted molar refractivity (Wildman–Crippen MR) is 119 cm³/mol. The summed E-state index contributed by atoms with van der Waals surface area (Å²) in [5.41, 5.74) is 0.783. The Balaban J connectivity index is 0.00000225. The van der Waals surface area contributed by atoms with Crippen molar-refractivity contribution >= 4 is 39.6 Å². The number of halogens is 1. The van der Waals surface area contributed by atoms with E-state index in [-0.39, 0.29) is 22.8 Å². The van der Waals surface area contributed by atoms with Crippen LogP contribution in [0.1, 0.15) is 10.4 Å². The first-order valence-corrected chi connectivity index (χ1v) is 11.8. The van der Waals surface area contributed by atoms with Crippen molar-refractivity contribution in [2.75, 3.05) is 6.16 Å². The molecule has 1 aromatic heterocycles. The third-order valence-electron chi connectivity index (χ3n) is 4.75. The van der Waals surface area contributed by atoms with Crippen molar-refractivity contribution in [3.63, 3.8) is 0 Å². The maximum absolute atomic E-state index is 13.3. The summed E-state index contributed by atoms with van der Waals surface area (Å²) >= 11 is 1.75. The molecule has 0 radical (unpaired) electrons. The zero-order valence-electron chi connectivity index (χ0n) is 15.2. The van der Waals surface area contributed by atoms with E-state index in [1.54, 1.807) is 11.3 Å². The summed E-state index contributed by atoms with van der Waals surface area (Å²) in [6.45, 7) is 0. The molecule has 0 aliphatic heterocycles. The second-order valence-electron chi connectivity index (χ2n) is 6.38. The Morgan fingerprint density at radius 1 is 0.679 bits per heavy atom. The summed E-state index contributed by atoms with van der Waals surface area (Å²) in [5, 5.41) is 4.62. The molecule has 0 bridgehead atoms. The SMILES string of the molecule is O=C(C[P+](c1ccccc1)(c1ccccc1)c1cccs1)c1ccccc1.[Br-]. The minimum Gasteiger partial charge on any atom is -1.00 e. The zero-order valence-corrected chi connectivity index (χ0v) is 18.5.